The van der Waals surface area contributed by atoms with Crippen LogP contribution in [0.3, 0.4) is 0 Å². The zero-order valence-corrected chi connectivity index (χ0v) is 13.8. The van der Waals surface area contributed by atoms with E-state index < -0.39 is 0 Å². The van der Waals surface area contributed by atoms with Gasteiger partial charge in [-0.2, -0.15) is 4.37 Å². The summed E-state index contributed by atoms with van der Waals surface area (Å²) in [5.74, 6) is -0.0825. The first-order valence-electron chi connectivity index (χ1n) is 6.90. The topological polar surface area (TPSA) is 30.0 Å². The van der Waals surface area contributed by atoms with Crippen molar-refractivity contribution in [2.24, 2.45) is 0 Å². The van der Waals surface area contributed by atoms with E-state index in [2.05, 4.69) is 4.37 Å². The van der Waals surface area contributed by atoms with Gasteiger partial charge in [0.25, 0.3) is 0 Å². The molecule has 3 aromatic rings. The van der Waals surface area contributed by atoms with Crippen molar-refractivity contribution in [1.82, 2.24) is 4.37 Å². The molecule has 0 radical (unpaired) electrons. The highest BCUT2D eigenvalue weighted by Crippen LogP contribution is 2.34. The maximum atomic E-state index is 12.6. The molecule has 2 nitrogen and oxygen atoms in total. The molecule has 0 unspecified atom stereocenters. The van der Waals surface area contributed by atoms with Crippen molar-refractivity contribution in [2.45, 2.75) is 13.8 Å². The van der Waals surface area contributed by atoms with Crippen LogP contribution in [0.5, 0.6) is 0 Å². The van der Waals surface area contributed by atoms with Crippen LogP contribution >= 0.6 is 23.1 Å². The lowest BCUT2D eigenvalue weighted by Crippen LogP contribution is -1.99. The molecule has 0 amide bonds. The normalized spacial score (nSPS) is 10.7. The Morgan fingerprint density at radius 3 is 2.09 bits per heavy atom. The molecule has 0 saturated carbocycles. The maximum absolute atomic E-state index is 12.6. The smallest absolute Gasteiger partial charge is 0.206 e. The Labute approximate surface area is 138 Å². The third kappa shape index (κ3) is 2.82. The minimum Gasteiger partial charge on any atom is -0.288 e. The van der Waals surface area contributed by atoms with Crippen molar-refractivity contribution in [2.75, 3.05) is 0 Å². The molecule has 1 aromatic heterocycles. The average Bonchev–Trinajstić information content (AvgIpc) is 2.90. The van der Waals surface area contributed by atoms with Gasteiger partial charge in [-0.05, 0) is 25.4 Å². The maximum Gasteiger partial charge on any atom is 0.206 e. The van der Waals surface area contributed by atoms with E-state index in [-0.39, 0.29) is 5.78 Å². The Hall–Kier alpha value is -1.97. The zero-order chi connectivity index (χ0) is 15.7. The third-order valence-electron chi connectivity index (χ3n) is 3.48. The van der Waals surface area contributed by atoms with E-state index >= 15 is 0 Å². The van der Waals surface area contributed by atoms with Crippen molar-refractivity contribution in [3.05, 3.63) is 75.1 Å². The van der Waals surface area contributed by atoms with Crippen molar-refractivity contribution in [1.29, 1.82) is 0 Å². The van der Waals surface area contributed by atoms with Gasteiger partial charge in [0.05, 0.1) is 5.02 Å². The van der Waals surface area contributed by atoms with Crippen LogP contribution in [-0.4, -0.2) is 10.2 Å². The van der Waals surface area contributed by atoms with E-state index in [0.717, 1.165) is 22.7 Å². The Bertz CT molecular complexity index is 819. The van der Waals surface area contributed by atoms with E-state index in [0.29, 0.717) is 21.2 Å². The lowest BCUT2D eigenvalue weighted by Gasteiger charge is -2.01. The Kier molecular flexibility index (Phi) is 4.10. The Morgan fingerprint density at radius 1 is 0.955 bits per heavy atom. The van der Waals surface area contributed by atoms with Gasteiger partial charge < -0.3 is 0 Å². The molecule has 0 aliphatic carbocycles. The summed E-state index contributed by atoms with van der Waals surface area (Å²) >= 11 is 7.55. The van der Waals surface area contributed by atoms with E-state index in [1.165, 1.54) is 5.56 Å². The minimum atomic E-state index is -0.0825. The van der Waals surface area contributed by atoms with Crippen LogP contribution in [0.4, 0.5) is 0 Å². The number of hydrogen-bond donors (Lipinski definition) is 0. The fourth-order valence-electron chi connectivity index (χ4n) is 2.15. The van der Waals surface area contributed by atoms with Gasteiger partial charge in [-0.15, -0.1) is 0 Å². The second kappa shape index (κ2) is 6.03. The SMILES string of the molecule is Cc1ccc(C(=O)c2snc(-c3ccc(C)cc3)c2Cl)cc1. The molecule has 0 N–H and O–H groups in total. The summed E-state index contributed by atoms with van der Waals surface area (Å²) in [5, 5.41) is 0.430. The second-order valence-electron chi connectivity index (χ2n) is 5.24. The number of carbonyl (C=O) groups is 1. The molecule has 0 saturated heterocycles. The van der Waals surface area contributed by atoms with Crippen LogP contribution in [0.1, 0.15) is 26.4 Å². The van der Waals surface area contributed by atoms with Crippen molar-refractivity contribution in [3.8, 4) is 11.3 Å². The first-order chi connectivity index (χ1) is 10.6. The Morgan fingerprint density at radius 2 is 1.50 bits per heavy atom. The molecule has 110 valence electrons. The number of aryl methyl sites for hydroxylation is 2. The van der Waals surface area contributed by atoms with E-state index in [9.17, 15) is 4.79 Å². The lowest BCUT2D eigenvalue weighted by molar-refractivity contribution is 0.104. The first-order valence-corrected chi connectivity index (χ1v) is 8.05. The number of carbonyl (C=O) groups excluding carboxylic acids is 1. The van der Waals surface area contributed by atoms with Gasteiger partial charge >= 0.3 is 0 Å². The highest BCUT2D eigenvalue weighted by atomic mass is 35.5. The van der Waals surface area contributed by atoms with Gasteiger partial charge in [0.15, 0.2) is 0 Å². The summed E-state index contributed by atoms with van der Waals surface area (Å²) in [5.41, 5.74) is 4.52. The molecular formula is C18H14ClNOS. The summed E-state index contributed by atoms with van der Waals surface area (Å²) in [7, 11) is 0. The summed E-state index contributed by atoms with van der Waals surface area (Å²) in [6.45, 7) is 4.02. The minimum absolute atomic E-state index is 0.0825. The van der Waals surface area contributed by atoms with Gasteiger partial charge in [-0.1, -0.05) is 71.3 Å². The van der Waals surface area contributed by atoms with E-state index in [1.807, 2.05) is 62.4 Å². The predicted octanol–water partition coefficient (Wildman–Crippen LogP) is 5.31. The molecule has 4 heteroatoms. The quantitative estimate of drug-likeness (QED) is 0.610. The molecule has 2 aromatic carbocycles. The lowest BCUT2D eigenvalue weighted by atomic mass is 10.1. The number of aromatic nitrogens is 1. The predicted molar refractivity (Wildman–Crippen MR) is 91.9 cm³/mol. The molecule has 1 heterocycles. The molecular weight excluding hydrogens is 314 g/mol. The van der Waals surface area contributed by atoms with Crippen LogP contribution in [0.15, 0.2) is 48.5 Å². The second-order valence-corrected chi connectivity index (χ2v) is 6.39. The van der Waals surface area contributed by atoms with Gasteiger partial charge in [0.1, 0.15) is 10.6 Å². The van der Waals surface area contributed by atoms with Gasteiger partial charge in [0, 0.05) is 11.1 Å². The molecule has 0 spiro atoms. The number of ketones is 1. The van der Waals surface area contributed by atoms with Crippen molar-refractivity contribution >= 4 is 28.9 Å². The summed E-state index contributed by atoms with van der Waals surface area (Å²) in [6.07, 6.45) is 0. The fraction of sp³-hybridized carbons (Fsp3) is 0.111. The van der Waals surface area contributed by atoms with Crippen LogP contribution in [0.2, 0.25) is 5.02 Å². The largest absolute Gasteiger partial charge is 0.288 e. The van der Waals surface area contributed by atoms with Crippen molar-refractivity contribution < 1.29 is 4.79 Å². The van der Waals surface area contributed by atoms with E-state index in [4.69, 9.17) is 11.6 Å². The molecule has 3 rings (SSSR count). The molecule has 0 fully saturated rings. The highest BCUT2D eigenvalue weighted by Gasteiger charge is 2.20. The highest BCUT2D eigenvalue weighted by molar-refractivity contribution is 7.09. The summed E-state index contributed by atoms with van der Waals surface area (Å²) in [6, 6.07) is 15.4. The van der Waals surface area contributed by atoms with Crippen LogP contribution in [0.25, 0.3) is 11.3 Å². The first kappa shape index (κ1) is 14.9. The number of rotatable bonds is 3. The molecule has 0 aliphatic heterocycles. The molecule has 0 bridgehead atoms. The number of benzene rings is 2. The average molecular weight is 328 g/mol. The molecule has 0 atom stereocenters. The standard InChI is InChI=1S/C18H14ClNOS/c1-11-3-7-13(8-4-11)16-15(19)18(22-20-16)17(21)14-9-5-12(2)6-10-14/h3-10H,1-2H3. The molecule has 22 heavy (non-hydrogen) atoms. The van der Waals surface area contributed by atoms with Gasteiger partial charge in [-0.3, -0.25) is 4.79 Å². The number of nitrogens with zero attached hydrogens (tertiary/aromatic N) is 1. The Balaban J connectivity index is 1.98. The fourth-order valence-corrected chi connectivity index (χ4v) is 3.29. The van der Waals surface area contributed by atoms with Crippen LogP contribution < -0.4 is 0 Å². The summed E-state index contributed by atoms with van der Waals surface area (Å²) < 4.78 is 4.37. The summed E-state index contributed by atoms with van der Waals surface area (Å²) in [4.78, 5) is 13.1. The molecule has 0 aliphatic rings. The monoisotopic (exact) mass is 327 g/mol. The van der Waals surface area contributed by atoms with Gasteiger partial charge in [-0.25, -0.2) is 0 Å². The van der Waals surface area contributed by atoms with E-state index in [1.54, 1.807) is 0 Å². The van der Waals surface area contributed by atoms with Crippen molar-refractivity contribution in [3.63, 3.8) is 0 Å². The van der Waals surface area contributed by atoms with Crippen LogP contribution in [-0.2, 0) is 0 Å². The van der Waals surface area contributed by atoms with Crippen LogP contribution in [0, 0.1) is 13.8 Å². The zero-order valence-electron chi connectivity index (χ0n) is 12.3. The number of halogens is 1. The number of hydrogen-bond acceptors (Lipinski definition) is 3. The third-order valence-corrected chi connectivity index (χ3v) is 4.81. The van der Waals surface area contributed by atoms with Gasteiger partial charge in [0.2, 0.25) is 5.78 Å².